The molecule has 0 spiro atoms. The zero-order valence-corrected chi connectivity index (χ0v) is 19.2. The predicted octanol–water partition coefficient (Wildman–Crippen LogP) is 3.26. The van der Waals surface area contributed by atoms with Gasteiger partial charge in [0.1, 0.15) is 30.3 Å². The summed E-state index contributed by atoms with van der Waals surface area (Å²) in [6, 6.07) is 20.1. The molecule has 0 heterocycles. The lowest BCUT2D eigenvalue weighted by Gasteiger charge is -2.21. The summed E-state index contributed by atoms with van der Waals surface area (Å²) >= 11 is 0. The maximum Gasteiger partial charge on any atom is 0.326 e. The van der Waals surface area contributed by atoms with Crippen molar-refractivity contribution in [2.75, 3.05) is 0 Å². The highest BCUT2D eigenvalue weighted by molar-refractivity contribution is 5.90. The number of amides is 2. The Morgan fingerprint density at radius 3 is 2.11 bits per heavy atom. The average Bonchev–Trinajstić information content (AvgIpc) is 2.84. The smallest absolute Gasteiger partial charge is 0.326 e. The Morgan fingerprint density at radius 1 is 0.829 bits per heavy atom. The maximum absolute atomic E-state index is 14.1. The van der Waals surface area contributed by atoms with Crippen molar-refractivity contribution in [3.63, 3.8) is 0 Å². The molecular weight excluding hydrogens is 451 g/mol. The van der Waals surface area contributed by atoms with E-state index in [0.29, 0.717) is 17.9 Å². The van der Waals surface area contributed by atoms with Gasteiger partial charge < -0.3 is 20.5 Å². The fourth-order valence-corrected chi connectivity index (χ4v) is 3.51. The number of carbonyl (C=O) groups is 3. The Bertz CT molecular complexity index is 1150. The number of nitrogens with one attached hydrogen (secondary N) is 2. The first-order valence-electron chi connectivity index (χ1n) is 11.1. The van der Waals surface area contributed by atoms with E-state index in [1.165, 1.54) is 25.1 Å². The van der Waals surface area contributed by atoms with Gasteiger partial charge in [-0.15, -0.1) is 0 Å². The van der Waals surface area contributed by atoms with Crippen molar-refractivity contribution >= 4 is 17.8 Å². The lowest BCUT2D eigenvalue weighted by Crippen LogP contribution is -2.52. The summed E-state index contributed by atoms with van der Waals surface area (Å²) in [5.74, 6) is -2.31. The quantitative estimate of drug-likeness (QED) is 0.392. The number of carboxylic acids is 1. The van der Waals surface area contributed by atoms with Crippen LogP contribution in [0, 0.1) is 5.82 Å². The van der Waals surface area contributed by atoms with E-state index in [9.17, 15) is 23.9 Å². The van der Waals surface area contributed by atoms with E-state index in [0.717, 1.165) is 5.56 Å². The van der Waals surface area contributed by atoms with E-state index in [-0.39, 0.29) is 18.4 Å². The minimum atomic E-state index is -1.24. The van der Waals surface area contributed by atoms with E-state index in [2.05, 4.69) is 10.6 Å². The zero-order chi connectivity index (χ0) is 25.2. The molecular formula is C27H27FN2O5. The molecule has 0 aliphatic heterocycles. The first-order chi connectivity index (χ1) is 16.8. The molecule has 0 aliphatic rings. The standard InChI is InChI=1S/C27H27FN2O5/c1-18(31)29-24(16-21-9-5-6-10-23(21)28)26(32)30-25(27(33)34)15-19-11-13-22(14-12-19)35-17-20-7-3-2-4-8-20/h2-14,24-25H,15-17H2,1H3,(H,29,31)(H,30,32)(H,33,34)/t24-,25+/m1/s1. The number of carbonyl (C=O) groups excluding carboxylic acids is 2. The summed E-state index contributed by atoms with van der Waals surface area (Å²) in [5.41, 5.74) is 1.93. The summed E-state index contributed by atoms with van der Waals surface area (Å²) in [5, 5.41) is 14.6. The fraction of sp³-hybridized carbons (Fsp3) is 0.222. The molecule has 182 valence electrons. The minimum Gasteiger partial charge on any atom is -0.489 e. The Hall–Kier alpha value is -4.20. The SMILES string of the molecule is CC(=O)N[C@H](Cc1ccccc1F)C(=O)N[C@@H](Cc1ccc(OCc2ccccc2)cc1)C(=O)O. The summed E-state index contributed by atoms with van der Waals surface area (Å²) in [7, 11) is 0. The van der Waals surface area contributed by atoms with Crippen molar-refractivity contribution in [1.82, 2.24) is 10.6 Å². The molecule has 7 nitrogen and oxygen atoms in total. The Labute approximate surface area is 202 Å². The number of carboxylic acid groups (broad SMARTS) is 1. The van der Waals surface area contributed by atoms with Crippen molar-refractivity contribution in [3.8, 4) is 5.75 Å². The monoisotopic (exact) mass is 478 g/mol. The molecule has 0 saturated carbocycles. The second-order valence-corrected chi connectivity index (χ2v) is 8.07. The molecule has 8 heteroatoms. The molecule has 0 unspecified atom stereocenters. The van der Waals surface area contributed by atoms with Crippen LogP contribution in [0.1, 0.15) is 23.6 Å². The first-order valence-corrected chi connectivity index (χ1v) is 11.1. The van der Waals surface area contributed by atoms with Crippen LogP contribution in [0.2, 0.25) is 0 Å². The molecule has 0 bridgehead atoms. The van der Waals surface area contributed by atoms with Gasteiger partial charge in [-0.25, -0.2) is 9.18 Å². The van der Waals surface area contributed by atoms with Gasteiger partial charge in [-0.2, -0.15) is 0 Å². The largest absolute Gasteiger partial charge is 0.489 e. The number of aliphatic carboxylic acids is 1. The van der Waals surface area contributed by atoms with E-state index >= 15 is 0 Å². The van der Waals surface area contributed by atoms with Crippen LogP contribution in [0.5, 0.6) is 5.75 Å². The molecule has 0 aliphatic carbocycles. The van der Waals surface area contributed by atoms with E-state index < -0.39 is 35.7 Å². The van der Waals surface area contributed by atoms with Crippen LogP contribution in [0.3, 0.4) is 0 Å². The predicted molar refractivity (Wildman–Crippen MR) is 128 cm³/mol. The Balaban J connectivity index is 1.63. The molecule has 3 N–H and O–H groups in total. The van der Waals surface area contributed by atoms with Crippen LogP contribution >= 0.6 is 0 Å². The lowest BCUT2D eigenvalue weighted by molar-refractivity contribution is -0.142. The first kappa shape index (κ1) is 25.4. The third kappa shape index (κ3) is 7.96. The molecule has 0 saturated heterocycles. The highest BCUT2D eigenvalue weighted by atomic mass is 19.1. The van der Waals surface area contributed by atoms with Crippen molar-refractivity contribution in [3.05, 3.63) is 101 Å². The van der Waals surface area contributed by atoms with Gasteiger partial charge in [0.15, 0.2) is 0 Å². The van der Waals surface area contributed by atoms with Gasteiger partial charge in [0, 0.05) is 19.8 Å². The Morgan fingerprint density at radius 2 is 1.49 bits per heavy atom. The van der Waals surface area contributed by atoms with Crippen LogP contribution in [-0.4, -0.2) is 35.0 Å². The number of ether oxygens (including phenoxy) is 1. The minimum absolute atomic E-state index is 0.0204. The molecule has 0 aromatic heterocycles. The van der Waals surface area contributed by atoms with Crippen LogP contribution in [-0.2, 0) is 33.8 Å². The molecule has 3 rings (SSSR count). The third-order valence-electron chi connectivity index (χ3n) is 5.30. The van der Waals surface area contributed by atoms with E-state index in [1.54, 1.807) is 30.3 Å². The average molecular weight is 479 g/mol. The topological polar surface area (TPSA) is 105 Å². The number of halogens is 1. The van der Waals surface area contributed by atoms with E-state index in [1.807, 2.05) is 30.3 Å². The summed E-state index contributed by atoms with van der Waals surface area (Å²) in [4.78, 5) is 36.3. The molecule has 0 radical (unpaired) electrons. The van der Waals surface area contributed by atoms with E-state index in [4.69, 9.17) is 4.74 Å². The Kier molecular flexibility index (Phi) is 8.95. The van der Waals surface area contributed by atoms with Gasteiger partial charge in [0.05, 0.1) is 0 Å². The number of benzene rings is 3. The number of hydrogen-bond acceptors (Lipinski definition) is 4. The van der Waals surface area contributed by atoms with Crippen LogP contribution in [0.25, 0.3) is 0 Å². The summed E-state index contributed by atoms with van der Waals surface area (Å²) in [6.07, 6.45) is -0.0929. The van der Waals surface area contributed by atoms with Crippen molar-refractivity contribution < 1.29 is 28.6 Å². The van der Waals surface area contributed by atoms with Gasteiger partial charge in [-0.05, 0) is 34.9 Å². The van der Waals surface area contributed by atoms with Gasteiger partial charge in [-0.3, -0.25) is 9.59 Å². The zero-order valence-electron chi connectivity index (χ0n) is 19.2. The summed E-state index contributed by atoms with van der Waals surface area (Å²) in [6.45, 7) is 1.64. The fourth-order valence-electron chi connectivity index (χ4n) is 3.51. The second kappa shape index (κ2) is 12.3. The highest BCUT2D eigenvalue weighted by Gasteiger charge is 2.27. The maximum atomic E-state index is 14.1. The third-order valence-corrected chi connectivity index (χ3v) is 5.30. The van der Waals surface area contributed by atoms with Crippen molar-refractivity contribution in [2.45, 2.75) is 38.5 Å². The number of rotatable bonds is 11. The van der Waals surface area contributed by atoms with Gasteiger partial charge in [-0.1, -0.05) is 60.7 Å². The van der Waals surface area contributed by atoms with Gasteiger partial charge in [0.25, 0.3) is 0 Å². The van der Waals surface area contributed by atoms with Gasteiger partial charge in [0.2, 0.25) is 11.8 Å². The van der Waals surface area contributed by atoms with Crippen LogP contribution in [0.4, 0.5) is 4.39 Å². The van der Waals surface area contributed by atoms with Crippen LogP contribution in [0.15, 0.2) is 78.9 Å². The highest BCUT2D eigenvalue weighted by Crippen LogP contribution is 2.16. The van der Waals surface area contributed by atoms with Crippen molar-refractivity contribution in [1.29, 1.82) is 0 Å². The molecule has 3 aromatic rings. The molecule has 0 fully saturated rings. The molecule has 2 atom stereocenters. The normalized spacial score (nSPS) is 12.3. The lowest BCUT2D eigenvalue weighted by atomic mass is 10.0. The summed E-state index contributed by atoms with van der Waals surface area (Å²) < 4.78 is 19.8. The number of hydrogen-bond donors (Lipinski definition) is 3. The molecule has 35 heavy (non-hydrogen) atoms. The van der Waals surface area contributed by atoms with Crippen molar-refractivity contribution in [2.24, 2.45) is 0 Å². The van der Waals surface area contributed by atoms with Gasteiger partial charge >= 0.3 is 5.97 Å². The molecule has 3 aromatic carbocycles. The molecule has 2 amide bonds. The van der Waals surface area contributed by atoms with Crippen LogP contribution < -0.4 is 15.4 Å². The second-order valence-electron chi connectivity index (χ2n) is 8.07.